The zero-order valence-electron chi connectivity index (χ0n) is 33.2. The number of rotatable bonds is 16. The Bertz CT molecular complexity index is 1850. The second-order valence-electron chi connectivity index (χ2n) is 15.2. The number of carbonyl (C=O) groups is 3. The van der Waals surface area contributed by atoms with Crippen molar-refractivity contribution in [2.24, 2.45) is 0 Å². The molecule has 0 saturated carbocycles. The number of nitrogens with two attached hydrogens (primary N) is 2. The van der Waals surface area contributed by atoms with E-state index in [1.54, 1.807) is 9.80 Å². The third-order valence-corrected chi connectivity index (χ3v) is 13.9. The third kappa shape index (κ3) is 14.0. The van der Waals surface area contributed by atoms with Gasteiger partial charge < -0.3 is 52.9 Å². The summed E-state index contributed by atoms with van der Waals surface area (Å²) in [4.78, 5) is 49.9. The highest BCUT2D eigenvalue weighted by atomic mass is 35.5. The van der Waals surface area contributed by atoms with E-state index < -0.39 is 27.5 Å². The maximum atomic E-state index is 13.3. The Morgan fingerprint density at radius 3 is 1.70 bits per heavy atom. The predicted molar refractivity (Wildman–Crippen MR) is 232 cm³/mol. The van der Waals surface area contributed by atoms with Gasteiger partial charge in [-0.3, -0.25) is 22.8 Å². The molecule has 0 spiro atoms. The van der Waals surface area contributed by atoms with Gasteiger partial charge in [0.25, 0.3) is 17.7 Å². The average molecular weight is 910 g/mol. The molecule has 3 aliphatic heterocycles. The molecule has 2 aromatic carbocycles. The average Bonchev–Trinajstić information content (AvgIpc) is 3.22. The highest BCUT2D eigenvalue weighted by molar-refractivity contribution is 7.85. The zero-order chi connectivity index (χ0) is 41.1. The van der Waals surface area contributed by atoms with E-state index in [4.69, 9.17) is 32.5 Å². The number of aromatic nitrogens is 2. The molecular formula is C41H58Cl2N8O7S2. The van der Waals surface area contributed by atoms with Gasteiger partial charge in [-0.1, -0.05) is 43.3 Å². The Kier molecular flexibility index (Phi) is 18.9. The number of carbonyl (C=O) groups excluding carboxylic acids is 3. The molecule has 3 saturated heterocycles. The predicted octanol–water partition coefficient (Wildman–Crippen LogP) is -0.151. The molecule has 4 heterocycles. The first-order valence-electron chi connectivity index (χ1n) is 19.9. The number of amides is 3. The first-order chi connectivity index (χ1) is 27.9. The molecule has 15 nitrogen and oxygen atoms in total. The van der Waals surface area contributed by atoms with Gasteiger partial charge in [0.2, 0.25) is 0 Å². The largest absolute Gasteiger partial charge is 1.00 e. The quantitative estimate of drug-likeness (QED) is 0.162. The topological polar surface area (TPSA) is 200 Å². The molecule has 5 N–H and O–H groups in total. The van der Waals surface area contributed by atoms with E-state index in [0.29, 0.717) is 60.7 Å². The Morgan fingerprint density at radius 2 is 1.23 bits per heavy atom. The lowest BCUT2D eigenvalue weighted by Crippen LogP contribution is -3.00. The maximum Gasteiger partial charge on any atom is 0.274 e. The van der Waals surface area contributed by atoms with Gasteiger partial charge in [0.15, 0.2) is 35.7 Å². The number of ether oxygens (including phenoxy) is 2. The van der Waals surface area contributed by atoms with Crippen LogP contribution in [0.25, 0.3) is 0 Å². The summed E-state index contributed by atoms with van der Waals surface area (Å²) < 4.78 is 35.7. The van der Waals surface area contributed by atoms with Crippen molar-refractivity contribution in [3.8, 4) is 11.5 Å². The van der Waals surface area contributed by atoms with E-state index in [1.807, 2.05) is 48.5 Å². The molecule has 3 fully saturated rings. The van der Waals surface area contributed by atoms with Crippen LogP contribution in [0.4, 0.5) is 11.6 Å². The highest BCUT2D eigenvalue weighted by Gasteiger charge is 2.36. The molecule has 0 bridgehead atoms. The lowest BCUT2D eigenvalue weighted by molar-refractivity contribution is -0.933. The fourth-order valence-corrected chi connectivity index (χ4v) is 10.0. The van der Waals surface area contributed by atoms with Gasteiger partial charge in [-0.25, -0.2) is 9.97 Å². The number of hydrogen-bond donors (Lipinski definition) is 3. The van der Waals surface area contributed by atoms with Crippen molar-refractivity contribution in [2.75, 3.05) is 100 Å². The summed E-state index contributed by atoms with van der Waals surface area (Å²) >= 11 is 6.07. The minimum absolute atomic E-state index is 0. The molecule has 1 aromatic heterocycles. The van der Waals surface area contributed by atoms with E-state index in [1.165, 1.54) is 11.1 Å². The number of likely N-dealkylation sites (tertiary alicyclic amines) is 1. The van der Waals surface area contributed by atoms with E-state index in [9.17, 15) is 22.8 Å². The molecule has 19 heteroatoms. The van der Waals surface area contributed by atoms with Crippen LogP contribution in [0.15, 0.2) is 48.5 Å². The number of hydrogen-bond acceptors (Lipinski definition) is 11. The van der Waals surface area contributed by atoms with Crippen molar-refractivity contribution < 1.29 is 49.2 Å². The van der Waals surface area contributed by atoms with Crippen LogP contribution in [0, 0.1) is 0 Å². The van der Waals surface area contributed by atoms with Crippen molar-refractivity contribution in [2.45, 2.75) is 52.0 Å². The number of nitrogens with zero attached hydrogens (tertiary/aromatic N) is 5. The van der Waals surface area contributed by atoms with Gasteiger partial charge in [0.1, 0.15) is 11.5 Å². The molecule has 1 atom stereocenters. The molecule has 0 unspecified atom stereocenters. The summed E-state index contributed by atoms with van der Waals surface area (Å²) in [5, 5.41) is 3.08. The molecule has 3 aromatic rings. The van der Waals surface area contributed by atoms with Gasteiger partial charge in [-0.05, 0) is 61.1 Å². The number of nitrogens with one attached hydrogen (secondary N) is 1. The Balaban J connectivity index is 0.00000397. The summed E-state index contributed by atoms with van der Waals surface area (Å²) in [5.41, 5.74) is 14.0. The molecule has 3 aliphatic rings. The summed E-state index contributed by atoms with van der Waals surface area (Å²) in [6, 6.07) is 15.6. The summed E-state index contributed by atoms with van der Waals surface area (Å²) in [5.74, 6) is 2.62. The zero-order valence-corrected chi connectivity index (χ0v) is 36.3. The Hall–Kier alpha value is -4.03. The van der Waals surface area contributed by atoms with Crippen LogP contribution >= 0.6 is 11.6 Å². The number of anilines is 2. The normalized spacial score (nSPS) is 18.1. The number of halogens is 2. The van der Waals surface area contributed by atoms with Crippen molar-refractivity contribution in [1.29, 1.82) is 0 Å². The number of benzene rings is 2. The molecule has 330 valence electrons. The molecule has 3 amide bonds. The second kappa shape index (κ2) is 23.3. The van der Waals surface area contributed by atoms with Gasteiger partial charge in [-0.15, -0.1) is 0 Å². The summed E-state index contributed by atoms with van der Waals surface area (Å²) in [6.07, 6.45) is 5.35. The Morgan fingerprint density at radius 1 is 0.767 bits per heavy atom. The number of aryl methyl sites for hydroxylation is 2. The van der Waals surface area contributed by atoms with Crippen molar-refractivity contribution in [3.63, 3.8) is 0 Å². The van der Waals surface area contributed by atoms with Crippen molar-refractivity contribution >= 4 is 62.6 Å². The lowest BCUT2D eigenvalue weighted by Gasteiger charge is -2.45. The van der Waals surface area contributed by atoms with Crippen LogP contribution < -0.4 is 38.7 Å². The standard InChI is InChI=1S/C40H53ClN8O7S2.CH4.ClH/c41-37-39(43)46-38(42)36(45-37)40(52)44-31-6-3-21-49(26-31,19-1-4-29-7-11-32(12-8-29)55-27-34(50)47-15-22-57(53)23-16-47)20-2-5-30-9-13-33(14-10-30)56-28-35(51)48-17-24-58(54)25-18-48;;/h7-14,31H,1-6,15-28H2,(H4-,42,43,44,46,52);1H4;1H/t31-;;/m0../s1. The smallest absolute Gasteiger partial charge is 0.274 e. The van der Waals surface area contributed by atoms with Crippen LogP contribution in [-0.2, 0) is 44.0 Å². The molecule has 6 rings (SSSR count). The second-order valence-corrected chi connectivity index (χ2v) is 18.9. The van der Waals surface area contributed by atoms with Crippen LogP contribution in [0.5, 0.6) is 11.5 Å². The van der Waals surface area contributed by atoms with E-state index >= 15 is 0 Å². The van der Waals surface area contributed by atoms with Gasteiger partial charge in [0, 0.05) is 83.6 Å². The fourth-order valence-electron chi connectivity index (χ4n) is 7.81. The molecule has 60 heavy (non-hydrogen) atoms. The SMILES string of the molecule is C.Nc1nc(N)c(C(=O)N[C@H]2CCC[N+](CCCc3ccc(OCC(=O)N4CCS(=O)CC4)cc3)(CCCc3ccc(OCC(=O)N4CCS(=O)CC4)cc3)C2)nc1Cl.[Cl-]. The van der Waals surface area contributed by atoms with Crippen molar-refractivity contribution in [1.82, 2.24) is 25.1 Å². The van der Waals surface area contributed by atoms with Crippen molar-refractivity contribution in [3.05, 3.63) is 70.5 Å². The van der Waals surface area contributed by atoms with Gasteiger partial charge in [-0.2, -0.15) is 0 Å². The van der Waals surface area contributed by atoms with E-state index in [0.717, 1.165) is 69.2 Å². The monoisotopic (exact) mass is 908 g/mol. The number of nitrogen functional groups attached to an aromatic ring is 2. The molecular weight excluding hydrogens is 852 g/mol. The first-order valence-corrected chi connectivity index (χ1v) is 23.2. The Labute approximate surface area is 369 Å². The first kappa shape index (κ1) is 48.6. The van der Waals surface area contributed by atoms with Crippen LogP contribution in [0.3, 0.4) is 0 Å². The maximum absolute atomic E-state index is 13.3. The van der Waals surface area contributed by atoms with Crippen LogP contribution in [0.2, 0.25) is 5.15 Å². The summed E-state index contributed by atoms with van der Waals surface area (Å²) in [6.45, 7) is 5.50. The fraction of sp³-hybridized carbons (Fsp3) is 0.537. The minimum Gasteiger partial charge on any atom is -1.00 e. The third-order valence-electron chi connectivity index (χ3n) is 11.1. The lowest BCUT2D eigenvalue weighted by atomic mass is 9.99. The van der Waals surface area contributed by atoms with E-state index in [-0.39, 0.29) is 73.4 Å². The minimum atomic E-state index is -0.843. The molecule has 0 aliphatic carbocycles. The number of piperidine rings is 1. The highest BCUT2D eigenvalue weighted by Crippen LogP contribution is 2.25. The number of quaternary nitrogens is 1. The molecule has 0 radical (unpaired) electrons. The van der Waals surface area contributed by atoms with E-state index in [2.05, 4.69) is 15.3 Å². The van der Waals surface area contributed by atoms with Gasteiger partial charge in [0.05, 0.1) is 32.2 Å². The van der Waals surface area contributed by atoms with Crippen LogP contribution in [-0.4, -0.2) is 145 Å². The summed E-state index contributed by atoms with van der Waals surface area (Å²) in [7, 11) is -1.69. The van der Waals surface area contributed by atoms with Gasteiger partial charge >= 0.3 is 0 Å². The van der Waals surface area contributed by atoms with Crippen LogP contribution in [0.1, 0.15) is 54.7 Å².